The molecular weight excluding hydrogens is 214 g/mol. The summed E-state index contributed by atoms with van der Waals surface area (Å²) < 4.78 is 0. The fourth-order valence-corrected chi connectivity index (χ4v) is 1.45. The molecule has 17 heavy (non-hydrogen) atoms. The highest BCUT2D eigenvalue weighted by atomic mass is 16.4. The number of aromatic carboxylic acids is 1. The van der Waals surface area contributed by atoms with Crippen LogP contribution in [0.15, 0.2) is 59.6 Å². The van der Waals surface area contributed by atoms with Crippen LogP contribution in [0.5, 0.6) is 0 Å². The quantitative estimate of drug-likeness (QED) is 0.816. The molecule has 3 heteroatoms. The lowest BCUT2D eigenvalue weighted by molar-refractivity contribution is 0.0698. The van der Waals surface area contributed by atoms with Gasteiger partial charge in [-0.05, 0) is 17.7 Å². The third-order valence-corrected chi connectivity index (χ3v) is 2.29. The summed E-state index contributed by atoms with van der Waals surface area (Å²) in [5.41, 5.74) is 1.61. The SMILES string of the molecule is O=C(O)c1ccccc1N=Cc1ccccc1. The van der Waals surface area contributed by atoms with Crippen LogP contribution in [-0.2, 0) is 0 Å². The first-order valence-corrected chi connectivity index (χ1v) is 5.19. The lowest BCUT2D eigenvalue weighted by Gasteiger charge is -1.99. The Morgan fingerprint density at radius 2 is 1.65 bits per heavy atom. The monoisotopic (exact) mass is 225 g/mol. The fourth-order valence-electron chi connectivity index (χ4n) is 1.45. The standard InChI is InChI=1S/C14H11NO2/c16-14(17)12-8-4-5-9-13(12)15-10-11-6-2-1-3-7-11/h1-10H,(H,16,17). The third-order valence-electron chi connectivity index (χ3n) is 2.29. The number of nitrogens with zero attached hydrogens (tertiary/aromatic N) is 1. The zero-order valence-corrected chi connectivity index (χ0v) is 9.08. The van der Waals surface area contributed by atoms with E-state index in [0.717, 1.165) is 5.56 Å². The summed E-state index contributed by atoms with van der Waals surface area (Å²) in [4.78, 5) is 15.2. The normalized spacial score (nSPS) is 10.6. The molecule has 0 bridgehead atoms. The van der Waals surface area contributed by atoms with E-state index < -0.39 is 5.97 Å². The van der Waals surface area contributed by atoms with Crippen LogP contribution in [0.3, 0.4) is 0 Å². The van der Waals surface area contributed by atoms with Crippen molar-refractivity contribution in [2.45, 2.75) is 0 Å². The lowest BCUT2D eigenvalue weighted by Crippen LogP contribution is -1.96. The second-order valence-corrected chi connectivity index (χ2v) is 3.49. The van der Waals surface area contributed by atoms with Gasteiger partial charge in [0.15, 0.2) is 0 Å². The molecule has 2 aromatic rings. The van der Waals surface area contributed by atoms with E-state index in [2.05, 4.69) is 4.99 Å². The van der Waals surface area contributed by atoms with Crippen molar-refractivity contribution in [3.63, 3.8) is 0 Å². The van der Waals surface area contributed by atoms with E-state index in [1.165, 1.54) is 0 Å². The molecule has 0 saturated heterocycles. The van der Waals surface area contributed by atoms with E-state index in [0.29, 0.717) is 5.69 Å². The Morgan fingerprint density at radius 3 is 2.35 bits per heavy atom. The first-order valence-electron chi connectivity index (χ1n) is 5.19. The van der Waals surface area contributed by atoms with Crippen LogP contribution in [0.4, 0.5) is 5.69 Å². The van der Waals surface area contributed by atoms with Crippen molar-refractivity contribution in [2.75, 3.05) is 0 Å². The Kier molecular flexibility index (Phi) is 3.31. The summed E-state index contributed by atoms with van der Waals surface area (Å²) in [6.07, 6.45) is 1.65. The van der Waals surface area contributed by atoms with Gasteiger partial charge in [0.25, 0.3) is 0 Å². The largest absolute Gasteiger partial charge is 0.478 e. The number of hydrogen-bond acceptors (Lipinski definition) is 2. The van der Waals surface area contributed by atoms with Gasteiger partial charge in [-0.15, -0.1) is 0 Å². The summed E-state index contributed by atoms with van der Waals surface area (Å²) in [5.74, 6) is -0.967. The van der Waals surface area contributed by atoms with Gasteiger partial charge in [-0.25, -0.2) is 4.79 Å². The number of rotatable bonds is 3. The minimum absolute atomic E-state index is 0.208. The molecule has 2 rings (SSSR count). The average molecular weight is 225 g/mol. The van der Waals surface area contributed by atoms with Gasteiger partial charge >= 0.3 is 5.97 Å². The van der Waals surface area contributed by atoms with E-state index in [4.69, 9.17) is 5.11 Å². The van der Waals surface area contributed by atoms with Crippen molar-refractivity contribution in [3.8, 4) is 0 Å². The second-order valence-electron chi connectivity index (χ2n) is 3.49. The highest BCUT2D eigenvalue weighted by Gasteiger charge is 2.06. The zero-order valence-electron chi connectivity index (χ0n) is 9.08. The Hall–Kier alpha value is -2.42. The van der Waals surface area contributed by atoms with Gasteiger partial charge in [-0.1, -0.05) is 42.5 Å². The van der Waals surface area contributed by atoms with Crippen molar-refractivity contribution in [3.05, 3.63) is 65.7 Å². The number of para-hydroxylation sites is 1. The molecule has 0 radical (unpaired) electrons. The maximum atomic E-state index is 11.0. The Bertz CT molecular complexity index is 547. The van der Waals surface area contributed by atoms with Crippen molar-refractivity contribution < 1.29 is 9.90 Å². The van der Waals surface area contributed by atoms with Crippen LogP contribution < -0.4 is 0 Å². The van der Waals surface area contributed by atoms with Gasteiger partial charge in [0.05, 0.1) is 11.3 Å². The molecule has 0 amide bonds. The van der Waals surface area contributed by atoms with Crippen molar-refractivity contribution in [2.24, 2.45) is 4.99 Å². The molecule has 84 valence electrons. The predicted octanol–water partition coefficient (Wildman–Crippen LogP) is 3.14. The summed E-state index contributed by atoms with van der Waals surface area (Å²) in [7, 11) is 0. The minimum Gasteiger partial charge on any atom is -0.478 e. The first kappa shape index (κ1) is 11.1. The molecule has 0 spiro atoms. The summed E-state index contributed by atoms with van der Waals surface area (Å²) in [6, 6.07) is 16.2. The molecule has 0 aliphatic heterocycles. The molecule has 1 N–H and O–H groups in total. The van der Waals surface area contributed by atoms with Crippen LogP contribution in [0.2, 0.25) is 0 Å². The molecule has 0 aliphatic rings. The molecule has 2 aromatic carbocycles. The molecule has 3 nitrogen and oxygen atoms in total. The summed E-state index contributed by atoms with van der Waals surface area (Å²) in [5, 5.41) is 8.99. The van der Waals surface area contributed by atoms with Gasteiger partial charge in [-0.3, -0.25) is 4.99 Å². The number of carboxylic acid groups (broad SMARTS) is 1. The van der Waals surface area contributed by atoms with Gasteiger partial charge < -0.3 is 5.11 Å². The Balaban J connectivity index is 2.30. The van der Waals surface area contributed by atoms with Gasteiger partial charge in [0.2, 0.25) is 0 Å². The van der Waals surface area contributed by atoms with E-state index in [1.54, 1.807) is 30.5 Å². The number of carbonyl (C=O) groups is 1. The van der Waals surface area contributed by atoms with Gasteiger partial charge in [0, 0.05) is 6.21 Å². The smallest absolute Gasteiger partial charge is 0.337 e. The minimum atomic E-state index is -0.967. The fraction of sp³-hybridized carbons (Fsp3) is 0. The van der Waals surface area contributed by atoms with Crippen LogP contribution in [-0.4, -0.2) is 17.3 Å². The highest BCUT2D eigenvalue weighted by molar-refractivity contribution is 5.95. The van der Waals surface area contributed by atoms with Gasteiger partial charge in [-0.2, -0.15) is 0 Å². The zero-order chi connectivity index (χ0) is 12.1. The predicted molar refractivity (Wildman–Crippen MR) is 67.1 cm³/mol. The Morgan fingerprint density at radius 1 is 1.00 bits per heavy atom. The summed E-state index contributed by atoms with van der Waals surface area (Å²) in [6.45, 7) is 0. The van der Waals surface area contributed by atoms with Crippen LogP contribution in [0.25, 0.3) is 0 Å². The number of benzene rings is 2. The molecule has 0 saturated carbocycles. The average Bonchev–Trinajstić information content (AvgIpc) is 2.38. The molecule has 0 unspecified atom stereocenters. The highest BCUT2D eigenvalue weighted by Crippen LogP contribution is 2.18. The van der Waals surface area contributed by atoms with E-state index in [-0.39, 0.29) is 5.56 Å². The molecule has 0 heterocycles. The molecule has 0 aliphatic carbocycles. The van der Waals surface area contributed by atoms with E-state index in [9.17, 15) is 4.79 Å². The van der Waals surface area contributed by atoms with Gasteiger partial charge in [0.1, 0.15) is 0 Å². The molecule has 0 fully saturated rings. The number of aliphatic imine (C=N–C) groups is 1. The molecule has 0 atom stereocenters. The summed E-state index contributed by atoms with van der Waals surface area (Å²) >= 11 is 0. The number of hydrogen-bond donors (Lipinski definition) is 1. The van der Waals surface area contributed by atoms with Crippen molar-refractivity contribution >= 4 is 17.9 Å². The Labute approximate surface area is 99.1 Å². The maximum Gasteiger partial charge on any atom is 0.337 e. The van der Waals surface area contributed by atoms with Crippen molar-refractivity contribution in [1.82, 2.24) is 0 Å². The van der Waals surface area contributed by atoms with Crippen LogP contribution in [0.1, 0.15) is 15.9 Å². The lowest BCUT2D eigenvalue weighted by atomic mass is 10.2. The third kappa shape index (κ3) is 2.78. The van der Waals surface area contributed by atoms with Crippen molar-refractivity contribution in [1.29, 1.82) is 0 Å². The topological polar surface area (TPSA) is 49.7 Å². The maximum absolute atomic E-state index is 11.0. The van der Waals surface area contributed by atoms with Crippen LogP contribution in [0, 0.1) is 0 Å². The van der Waals surface area contributed by atoms with E-state index in [1.807, 2.05) is 30.3 Å². The second kappa shape index (κ2) is 5.07. The molecule has 0 aromatic heterocycles. The molecular formula is C14H11NO2. The van der Waals surface area contributed by atoms with Crippen LogP contribution >= 0.6 is 0 Å². The number of carboxylic acids is 1. The van der Waals surface area contributed by atoms with E-state index >= 15 is 0 Å². The first-order chi connectivity index (χ1) is 8.27.